The summed E-state index contributed by atoms with van der Waals surface area (Å²) in [6, 6.07) is 6.29. The van der Waals surface area contributed by atoms with Crippen molar-refractivity contribution in [1.29, 1.82) is 0 Å². The monoisotopic (exact) mass is 195 g/mol. The summed E-state index contributed by atoms with van der Waals surface area (Å²) in [5.74, 6) is 0. The molecule has 0 unspecified atom stereocenters. The molecule has 1 aromatic carbocycles. The van der Waals surface area contributed by atoms with Crippen LogP contribution in [0.1, 0.15) is 11.1 Å². The van der Waals surface area contributed by atoms with E-state index in [1.165, 1.54) is 11.1 Å². The molecule has 0 aliphatic heterocycles. The van der Waals surface area contributed by atoms with Gasteiger partial charge in [0.05, 0.1) is 6.54 Å². The third-order valence-corrected chi connectivity index (χ3v) is 2.00. The molecule has 0 aliphatic rings. The molecule has 1 aromatic rings. The number of anilines is 1. The highest BCUT2D eigenvalue weighted by atomic mass is 35.5. The van der Waals surface area contributed by atoms with Crippen molar-refractivity contribution in [3.8, 4) is 0 Å². The first-order valence-electron chi connectivity index (χ1n) is 4.24. The largest absolute Gasteiger partial charge is 0.380 e. The Morgan fingerprint density at radius 3 is 2.77 bits per heavy atom. The minimum absolute atomic E-state index is 0.617. The summed E-state index contributed by atoms with van der Waals surface area (Å²) < 4.78 is 0. The van der Waals surface area contributed by atoms with Gasteiger partial charge < -0.3 is 5.32 Å². The minimum Gasteiger partial charge on any atom is -0.380 e. The maximum absolute atomic E-state index is 5.66. The number of nitrogens with one attached hydrogen (secondary N) is 1. The predicted molar refractivity (Wildman–Crippen MR) is 59.4 cm³/mol. The van der Waals surface area contributed by atoms with Crippen LogP contribution in [0.15, 0.2) is 29.8 Å². The molecular weight excluding hydrogens is 182 g/mol. The summed E-state index contributed by atoms with van der Waals surface area (Å²) in [4.78, 5) is 0. The summed E-state index contributed by atoms with van der Waals surface area (Å²) in [7, 11) is 0. The van der Waals surface area contributed by atoms with E-state index in [2.05, 4.69) is 43.9 Å². The fourth-order valence-electron chi connectivity index (χ4n) is 1.12. The molecule has 1 N–H and O–H groups in total. The first kappa shape index (κ1) is 10.1. The fourth-order valence-corrected chi connectivity index (χ4v) is 1.18. The van der Waals surface area contributed by atoms with Gasteiger partial charge in [-0.1, -0.05) is 30.3 Å². The van der Waals surface area contributed by atoms with Gasteiger partial charge in [0.1, 0.15) is 0 Å². The molecule has 0 bridgehead atoms. The van der Waals surface area contributed by atoms with Gasteiger partial charge in [-0.3, -0.25) is 0 Å². The van der Waals surface area contributed by atoms with Gasteiger partial charge in [-0.05, 0) is 31.0 Å². The van der Waals surface area contributed by atoms with Gasteiger partial charge in [0, 0.05) is 10.7 Å². The average molecular weight is 196 g/mol. The molecule has 70 valence electrons. The van der Waals surface area contributed by atoms with Crippen molar-refractivity contribution in [2.75, 3.05) is 11.9 Å². The van der Waals surface area contributed by atoms with E-state index < -0.39 is 0 Å². The highest BCUT2D eigenvalue weighted by Crippen LogP contribution is 2.16. The van der Waals surface area contributed by atoms with Crippen LogP contribution in [0.2, 0.25) is 0 Å². The smallest absolute Gasteiger partial charge is 0.0502 e. The second kappa shape index (κ2) is 4.33. The van der Waals surface area contributed by atoms with Crippen molar-refractivity contribution in [3.05, 3.63) is 40.9 Å². The first-order chi connectivity index (χ1) is 6.09. The van der Waals surface area contributed by atoms with Gasteiger partial charge in [0.25, 0.3) is 0 Å². The van der Waals surface area contributed by atoms with Crippen LogP contribution in [0.5, 0.6) is 0 Å². The van der Waals surface area contributed by atoms with E-state index in [9.17, 15) is 0 Å². The van der Waals surface area contributed by atoms with E-state index in [0.717, 1.165) is 5.69 Å². The second-order valence-electron chi connectivity index (χ2n) is 3.19. The number of halogens is 1. The van der Waals surface area contributed by atoms with Gasteiger partial charge >= 0.3 is 0 Å². The maximum Gasteiger partial charge on any atom is 0.0502 e. The Labute approximate surface area is 84.4 Å². The molecule has 1 nitrogen and oxygen atoms in total. The molecule has 0 fully saturated rings. The summed E-state index contributed by atoms with van der Waals surface area (Å²) in [5.41, 5.74) is 3.60. The Kier molecular flexibility index (Phi) is 3.38. The van der Waals surface area contributed by atoms with Crippen molar-refractivity contribution in [2.45, 2.75) is 13.8 Å². The molecule has 0 radical (unpaired) electrons. The summed E-state index contributed by atoms with van der Waals surface area (Å²) in [5, 5.41) is 3.85. The Morgan fingerprint density at radius 1 is 1.46 bits per heavy atom. The van der Waals surface area contributed by atoms with E-state index in [-0.39, 0.29) is 0 Å². The predicted octanol–water partition coefficient (Wildman–Crippen LogP) is 3.47. The molecule has 0 aromatic heterocycles. The third kappa shape index (κ3) is 3.11. The molecular formula is C11H14ClN. The van der Waals surface area contributed by atoms with Crippen LogP contribution < -0.4 is 5.32 Å². The van der Waals surface area contributed by atoms with Crippen molar-refractivity contribution >= 4 is 17.3 Å². The zero-order chi connectivity index (χ0) is 9.84. The minimum atomic E-state index is 0.617. The lowest BCUT2D eigenvalue weighted by molar-refractivity contribution is 1.27. The number of aryl methyl sites for hydroxylation is 2. The highest BCUT2D eigenvalue weighted by Gasteiger charge is 1.97. The lowest BCUT2D eigenvalue weighted by atomic mass is 10.1. The lowest BCUT2D eigenvalue weighted by Crippen LogP contribution is -2.02. The van der Waals surface area contributed by atoms with E-state index >= 15 is 0 Å². The van der Waals surface area contributed by atoms with Gasteiger partial charge in [-0.15, -0.1) is 0 Å². The molecule has 0 atom stereocenters. The van der Waals surface area contributed by atoms with Crippen LogP contribution in [0.3, 0.4) is 0 Å². The standard InChI is InChI=1S/C11H14ClN/c1-8-4-5-9(2)11(6-8)13-7-10(3)12/h4-6,13H,3,7H2,1-2H3. The number of hydrogen-bond donors (Lipinski definition) is 1. The van der Waals surface area contributed by atoms with Crippen LogP contribution in [0.25, 0.3) is 0 Å². The maximum atomic E-state index is 5.66. The number of benzene rings is 1. The van der Waals surface area contributed by atoms with E-state index in [0.29, 0.717) is 11.6 Å². The zero-order valence-electron chi connectivity index (χ0n) is 8.02. The molecule has 0 spiro atoms. The quantitative estimate of drug-likeness (QED) is 0.779. The molecule has 0 amide bonds. The second-order valence-corrected chi connectivity index (χ2v) is 3.72. The third-order valence-electron chi connectivity index (χ3n) is 1.86. The van der Waals surface area contributed by atoms with E-state index in [1.54, 1.807) is 0 Å². The average Bonchev–Trinajstić information content (AvgIpc) is 2.06. The Balaban J connectivity index is 2.75. The highest BCUT2D eigenvalue weighted by molar-refractivity contribution is 6.29. The summed E-state index contributed by atoms with van der Waals surface area (Å²) in [6.45, 7) is 8.38. The number of hydrogen-bond acceptors (Lipinski definition) is 1. The lowest BCUT2D eigenvalue weighted by Gasteiger charge is -2.09. The molecule has 0 saturated heterocycles. The van der Waals surface area contributed by atoms with Crippen molar-refractivity contribution in [1.82, 2.24) is 0 Å². The van der Waals surface area contributed by atoms with Crippen LogP contribution in [0, 0.1) is 13.8 Å². The Morgan fingerprint density at radius 2 is 2.15 bits per heavy atom. The molecule has 13 heavy (non-hydrogen) atoms. The zero-order valence-corrected chi connectivity index (χ0v) is 8.78. The fraction of sp³-hybridized carbons (Fsp3) is 0.273. The van der Waals surface area contributed by atoms with Gasteiger partial charge in [-0.2, -0.15) is 0 Å². The van der Waals surface area contributed by atoms with Crippen LogP contribution in [-0.4, -0.2) is 6.54 Å². The Bertz CT molecular complexity index is 318. The van der Waals surface area contributed by atoms with E-state index in [4.69, 9.17) is 11.6 Å². The number of rotatable bonds is 3. The SMILES string of the molecule is C=C(Cl)CNc1cc(C)ccc1C. The van der Waals surface area contributed by atoms with Crippen molar-refractivity contribution in [2.24, 2.45) is 0 Å². The van der Waals surface area contributed by atoms with Crippen molar-refractivity contribution < 1.29 is 0 Å². The van der Waals surface area contributed by atoms with Gasteiger partial charge in [0.2, 0.25) is 0 Å². The van der Waals surface area contributed by atoms with Crippen molar-refractivity contribution in [3.63, 3.8) is 0 Å². The summed E-state index contributed by atoms with van der Waals surface area (Å²) in [6.07, 6.45) is 0. The van der Waals surface area contributed by atoms with Gasteiger partial charge in [0.15, 0.2) is 0 Å². The van der Waals surface area contributed by atoms with Gasteiger partial charge in [-0.25, -0.2) is 0 Å². The van der Waals surface area contributed by atoms with Crippen LogP contribution >= 0.6 is 11.6 Å². The summed E-state index contributed by atoms with van der Waals surface area (Å²) >= 11 is 5.66. The van der Waals surface area contributed by atoms with E-state index in [1.807, 2.05) is 0 Å². The Hall–Kier alpha value is -0.950. The molecule has 2 heteroatoms. The normalized spacial score (nSPS) is 9.77. The van der Waals surface area contributed by atoms with Crippen LogP contribution in [0.4, 0.5) is 5.69 Å². The molecule has 1 rings (SSSR count). The molecule has 0 aliphatic carbocycles. The molecule has 0 heterocycles. The van der Waals surface area contributed by atoms with Crippen LogP contribution in [-0.2, 0) is 0 Å². The topological polar surface area (TPSA) is 12.0 Å². The molecule has 0 saturated carbocycles. The first-order valence-corrected chi connectivity index (χ1v) is 4.62.